The molecule has 2 heterocycles. The van der Waals surface area contributed by atoms with E-state index < -0.39 is 0 Å². The molecule has 2 rings (SSSR count). The van der Waals surface area contributed by atoms with Crippen molar-refractivity contribution < 1.29 is 0 Å². The van der Waals surface area contributed by atoms with Crippen LogP contribution in [0.25, 0.3) is 0 Å². The van der Waals surface area contributed by atoms with Crippen LogP contribution in [0.1, 0.15) is 13.8 Å². The standard InChI is InChI=1S/C8H10S4/c1-5-3-9-7(11-5)8-10-4-6(2)12-8/h3-4,7-8H,1-2H3. The molecular weight excluding hydrogens is 224 g/mol. The molecule has 0 fully saturated rings. The summed E-state index contributed by atoms with van der Waals surface area (Å²) in [5.41, 5.74) is 0. The van der Waals surface area contributed by atoms with Crippen molar-refractivity contribution in [2.75, 3.05) is 0 Å². The van der Waals surface area contributed by atoms with Gasteiger partial charge in [-0.1, -0.05) is 0 Å². The summed E-state index contributed by atoms with van der Waals surface area (Å²) in [7, 11) is 0. The summed E-state index contributed by atoms with van der Waals surface area (Å²) in [5, 5.41) is 4.56. The van der Waals surface area contributed by atoms with Crippen molar-refractivity contribution in [3.63, 3.8) is 0 Å². The summed E-state index contributed by atoms with van der Waals surface area (Å²) in [5.74, 6) is 0. The second kappa shape index (κ2) is 3.95. The maximum absolute atomic E-state index is 2.28. The van der Waals surface area contributed by atoms with Gasteiger partial charge in [-0.15, -0.1) is 47.0 Å². The lowest BCUT2D eigenvalue weighted by Gasteiger charge is -2.14. The molecule has 0 spiro atoms. The molecular formula is C8H10S4. The molecule has 2 atom stereocenters. The van der Waals surface area contributed by atoms with E-state index >= 15 is 0 Å². The van der Waals surface area contributed by atoms with Gasteiger partial charge < -0.3 is 0 Å². The first-order chi connectivity index (χ1) is 5.75. The second-order valence-corrected chi connectivity index (χ2v) is 8.10. The van der Waals surface area contributed by atoms with Crippen LogP contribution in [0.2, 0.25) is 0 Å². The second-order valence-electron chi connectivity index (χ2n) is 2.70. The Bertz CT molecular complexity index is 217. The molecule has 4 heteroatoms. The van der Waals surface area contributed by atoms with Gasteiger partial charge in [0.1, 0.15) is 0 Å². The molecule has 0 aromatic rings. The number of hydrogen-bond donors (Lipinski definition) is 0. The summed E-state index contributed by atoms with van der Waals surface area (Å²) in [6.45, 7) is 4.39. The van der Waals surface area contributed by atoms with Crippen LogP contribution in [-0.2, 0) is 0 Å². The number of allylic oxidation sites excluding steroid dienone is 2. The Hall–Kier alpha value is 0.880. The molecule has 2 unspecified atom stereocenters. The predicted octanol–water partition coefficient (Wildman–Crippen LogP) is 4.32. The molecule has 0 amide bonds. The molecule has 0 aliphatic carbocycles. The molecule has 0 bridgehead atoms. The molecule has 0 nitrogen and oxygen atoms in total. The van der Waals surface area contributed by atoms with Crippen molar-refractivity contribution in [3.05, 3.63) is 20.6 Å². The van der Waals surface area contributed by atoms with Crippen molar-refractivity contribution in [1.29, 1.82) is 0 Å². The highest BCUT2D eigenvalue weighted by molar-refractivity contribution is 8.29. The molecule has 0 aromatic carbocycles. The zero-order valence-electron chi connectivity index (χ0n) is 6.94. The fourth-order valence-electron chi connectivity index (χ4n) is 1.04. The Kier molecular flexibility index (Phi) is 3.10. The molecule has 0 saturated carbocycles. The third-order valence-electron chi connectivity index (χ3n) is 1.56. The molecule has 0 aromatic heterocycles. The van der Waals surface area contributed by atoms with Crippen LogP contribution < -0.4 is 0 Å². The average molecular weight is 234 g/mol. The minimum Gasteiger partial charge on any atom is -0.116 e. The average Bonchev–Trinajstić information content (AvgIpc) is 2.58. The number of rotatable bonds is 1. The first-order valence-electron chi connectivity index (χ1n) is 3.73. The Morgan fingerprint density at radius 1 is 0.917 bits per heavy atom. The molecule has 0 radical (unpaired) electrons. The van der Waals surface area contributed by atoms with E-state index in [-0.39, 0.29) is 0 Å². The molecule has 2 aliphatic heterocycles. The quantitative estimate of drug-likeness (QED) is 0.662. The lowest BCUT2D eigenvalue weighted by molar-refractivity contribution is 1.38. The summed E-state index contributed by atoms with van der Waals surface area (Å²) < 4.78 is 1.46. The van der Waals surface area contributed by atoms with Crippen LogP contribution in [0.15, 0.2) is 20.6 Å². The van der Waals surface area contributed by atoms with E-state index in [4.69, 9.17) is 0 Å². The molecule has 0 N–H and O–H groups in total. The normalized spacial score (nSPS) is 35.2. The zero-order chi connectivity index (χ0) is 8.55. The monoisotopic (exact) mass is 234 g/mol. The third-order valence-corrected chi connectivity index (χ3v) is 7.84. The topological polar surface area (TPSA) is 0 Å². The van der Waals surface area contributed by atoms with E-state index in [1.807, 2.05) is 47.0 Å². The Morgan fingerprint density at radius 3 is 1.58 bits per heavy atom. The SMILES string of the molecule is CC1=CSC(C2SC=C(C)S2)S1. The largest absolute Gasteiger partial charge is 0.116 e. The van der Waals surface area contributed by atoms with Gasteiger partial charge >= 0.3 is 0 Å². The van der Waals surface area contributed by atoms with Gasteiger partial charge in [0.15, 0.2) is 0 Å². The van der Waals surface area contributed by atoms with Crippen LogP contribution in [0.5, 0.6) is 0 Å². The lowest BCUT2D eigenvalue weighted by Crippen LogP contribution is -2.06. The van der Waals surface area contributed by atoms with E-state index in [9.17, 15) is 0 Å². The minimum absolute atomic E-state index is 0.730. The third kappa shape index (κ3) is 2.03. The van der Waals surface area contributed by atoms with Gasteiger partial charge in [0.2, 0.25) is 0 Å². The van der Waals surface area contributed by atoms with Crippen LogP contribution in [0.4, 0.5) is 0 Å². The Labute approximate surface area is 90.4 Å². The van der Waals surface area contributed by atoms with E-state index in [0.29, 0.717) is 0 Å². The van der Waals surface area contributed by atoms with E-state index in [1.165, 1.54) is 9.81 Å². The molecule has 12 heavy (non-hydrogen) atoms. The highest BCUT2D eigenvalue weighted by Crippen LogP contribution is 2.52. The van der Waals surface area contributed by atoms with Crippen molar-refractivity contribution >= 4 is 47.0 Å². The maximum Gasteiger partial charge on any atom is 0.0804 e. The molecule has 0 saturated heterocycles. The van der Waals surface area contributed by atoms with Crippen LogP contribution in [0.3, 0.4) is 0 Å². The van der Waals surface area contributed by atoms with Crippen LogP contribution >= 0.6 is 47.0 Å². The van der Waals surface area contributed by atoms with Crippen LogP contribution in [0, 0.1) is 0 Å². The molecule has 66 valence electrons. The Balaban J connectivity index is 1.89. The maximum atomic E-state index is 2.28. The summed E-state index contributed by atoms with van der Waals surface area (Å²) >= 11 is 7.98. The van der Waals surface area contributed by atoms with Gasteiger partial charge in [-0.2, -0.15) is 0 Å². The minimum atomic E-state index is 0.730. The van der Waals surface area contributed by atoms with Crippen molar-refractivity contribution in [3.8, 4) is 0 Å². The van der Waals surface area contributed by atoms with E-state index in [0.717, 1.165) is 9.16 Å². The van der Waals surface area contributed by atoms with Crippen molar-refractivity contribution in [1.82, 2.24) is 0 Å². The number of thioether (sulfide) groups is 4. The summed E-state index contributed by atoms with van der Waals surface area (Å²) in [6, 6.07) is 0. The van der Waals surface area contributed by atoms with Gasteiger partial charge in [0.25, 0.3) is 0 Å². The lowest BCUT2D eigenvalue weighted by atomic mass is 10.8. The van der Waals surface area contributed by atoms with Crippen LogP contribution in [-0.4, -0.2) is 9.16 Å². The fourth-order valence-corrected chi connectivity index (χ4v) is 6.81. The summed E-state index contributed by atoms with van der Waals surface area (Å²) in [4.78, 5) is 2.94. The predicted molar refractivity (Wildman–Crippen MR) is 65.5 cm³/mol. The molecule has 2 aliphatic rings. The van der Waals surface area contributed by atoms with Crippen molar-refractivity contribution in [2.24, 2.45) is 0 Å². The van der Waals surface area contributed by atoms with Gasteiger partial charge in [-0.05, 0) is 34.5 Å². The van der Waals surface area contributed by atoms with Gasteiger partial charge in [-0.3, -0.25) is 0 Å². The number of hydrogen-bond acceptors (Lipinski definition) is 4. The van der Waals surface area contributed by atoms with E-state index in [1.54, 1.807) is 0 Å². The highest BCUT2D eigenvalue weighted by Gasteiger charge is 2.29. The van der Waals surface area contributed by atoms with Gasteiger partial charge in [0.05, 0.1) is 9.16 Å². The Morgan fingerprint density at radius 2 is 1.33 bits per heavy atom. The first-order valence-corrected chi connectivity index (χ1v) is 7.38. The van der Waals surface area contributed by atoms with E-state index in [2.05, 4.69) is 24.7 Å². The first kappa shape index (κ1) is 9.44. The fraction of sp³-hybridized carbons (Fsp3) is 0.500. The van der Waals surface area contributed by atoms with Gasteiger partial charge in [-0.25, -0.2) is 0 Å². The van der Waals surface area contributed by atoms with Gasteiger partial charge in [0, 0.05) is 0 Å². The highest BCUT2D eigenvalue weighted by atomic mass is 32.2. The smallest absolute Gasteiger partial charge is 0.0804 e. The summed E-state index contributed by atoms with van der Waals surface area (Å²) in [6.07, 6.45) is 0. The van der Waals surface area contributed by atoms with Crippen molar-refractivity contribution in [2.45, 2.75) is 23.0 Å². The zero-order valence-corrected chi connectivity index (χ0v) is 10.2.